The van der Waals surface area contributed by atoms with Crippen LogP contribution in [0.5, 0.6) is 0 Å². The highest BCUT2D eigenvalue weighted by atomic mass is 35.5. The van der Waals surface area contributed by atoms with E-state index in [1.54, 1.807) is 23.1 Å². The van der Waals surface area contributed by atoms with Crippen molar-refractivity contribution in [1.82, 2.24) is 15.5 Å². The summed E-state index contributed by atoms with van der Waals surface area (Å²) in [5, 5.41) is 16.5. The zero-order chi connectivity index (χ0) is 19.7. The number of aliphatic hydroxyl groups excluding tert-OH is 1. The summed E-state index contributed by atoms with van der Waals surface area (Å²) < 4.78 is 0. The quantitative estimate of drug-likeness (QED) is 0.694. The monoisotopic (exact) mass is 406 g/mol. The largest absolute Gasteiger partial charge is 0.356 e. The summed E-state index contributed by atoms with van der Waals surface area (Å²) >= 11 is 6.32. The average Bonchev–Trinajstić information content (AvgIpc) is 2.70. The molecule has 3 heterocycles. The van der Waals surface area contributed by atoms with E-state index in [9.17, 15) is 14.7 Å². The van der Waals surface area contributed by atoms with Gasteiger partial charge in [-0.05, 0) is 62.4 Å². The Morgan fingerprint density at radius 1 is 1.14 bits per heavy atom. The number of piperidine rings is 2. The second-order valence-electron chi connectivity index (χ2n) is 8.09. The fourth-order valence-electron chi connectivity index (χ4n) is 4.58. The molecule has 0 aromatic heterocycles. The molecule has 1 aromatic rings. The Morgan fingerprint density at radius 2 is 1.86 bits per heavy atom. The summed E-state index contributed by atoms with van der Waals surface area (Å²) in [5.41, 5.74) is 1.51. The Morgan fingerprint density at radius 3 is 2.54 bits per heavy atom. The predicted octanol–water partition coefficient (Wildman–Crippen LogP) is 1.55. The highest BCUT2D eigenvalue weighted by Gasteiger charge is 2.37. The number of anilines is 1. The van der Waals surface area contributed by atoms with Crippen LogP contribution in [0.25, 0.3) is 0 Å². The number of carbonyl (C=O) groups excluding carboxylic acids is 2. The predicted molar refractivity (Wildman–Crippen MR) is 107 cm³/mol. The van der Waals surface area contributed by atoms with Crippen molar-refractivity contribution in [3.05, 3.63) is 28.8 Å². The number of hydrogen-bond donors (Lipinski definition) is 3. The molecule has 0 bridgehead atoms. The first-order chi connectivity index (χ1) is 13.5. The van der Waals surface area contributed by atoms with Gasteiger partial charge >= 0.3 is 0 Å². The molecule has 8 heteroatoms. The van der Waals surface area contributed by atoms with Crippen molar-refractivity contribution in [2.75, 3.05) is 37.6 Å². The molecule has 1 unspecified atom stereocenters. The molecule has 3 N–H and O–H groups in total. The van der Waals surface area contributed by atoms with Crippen molar-refractivity contribution >= 4 is 29.1 Å². The maximum absolute atomic E-state index is 13.1. The van der Waals surface area contributed by atoms with Crippen molar-refractivity contribution in [2.45, 2.75) is 38.5 Å². The Kier molecular flexibility index (Phi) is 5.49. The molecule has 28 heavy (non-hydrogen) atoms. The summed E-state index contributed by atoms with van der Waals surface area (Å²) in [7, 11) is 0. The number of nitrogens with zero attached hydrogens (tertiary/aromatic N) is 2. The Hall–Kier alpha value is -1.83. The van der Waals surface area contributed by atoms with E-state index in [-0.39, 0.29) is 18.2 Å². The maximum atomic E-state index is 13.1. The Balaban J connectivity index is 1.47. The number of benzene rings is 1. The van der Waals surface area contributed by atoms with Crippen LogP contribution in [0.2, 0.25) is 5.02 Å². The molecule has 1 aromatic carbocycles. The van der Waals surface area contributed by atoms with Gasteiger partial charge in [0.2, 0.25) is 12.3 Å². The number of likely N-dealkylation sites (tertiary alicyclic amines) is 1. The van der Waals surface area contributed by atoms with E-state index in [4.69, 9.17) is 11.6 Å². The number of aliphatic hydroxyl groups is 1. The molecule has 1 atom stereocenters. The minimum absolute atomic E-state index is 0.00256. The molecule has 4 rings (SSSR count). The molecule has 0 radical (unpaired) electrons. The maximum Gasteiger partial charge on any atom is 0.253 e. The number of rotatable bonds is 2. The van der Waals surface area contributed by atoms with Crippen LogP contribution in [-0.4, -0.2) is 60.9 Å². The van der Waals surface area contributed by atoms with Crippen LogP contribution in [0.4, 0.5) is 5.69 Å². The van der Waals surface area contributed by atoms with Gasteiger partial charge < -0.3 is 25.5 Å². The Labute approximate surface area is 170 Å². The van der Waals surface area contributed by atoms with Gasteiger partial charge in [-0.25, -0.2) is 0 Å². The van der Waals surface area contributed by atoms with Crippen molar-refractivity contribution < 1.29 is 14.7 Å². The fourth-order valence-corrected chi connectivity index (χ4v) is 4.81. The molecule has 1 spiro atoms. The van der Waals surface area contributed by atoms with Crippen LogP contribution in [0.1, 0.15) is 42.5 Å². The second-order valence-corrected chi connectivity index (χ2v) is 8.50. The lowest BCUT2D eigenvalue weighted by Crippen LogP contribution is -2.54. The second kappa shape index (κ2) is 7.89. The van der Waals surface area contributed by atoms with Crippen LogP contribution in [0, 0.1) is 5.41 Å². The van der Waals surface area contributed by atoms with E-state index in [1.165, 1.54) is 12.8 Å². The number of halogens is 1. The van der Waals surface area contributed by atoms with Crippen molar-refractivity contribution in [3.63, 3.8) is 0 Å². The summed E-state index contributed by atoms with van der Waals surface area (Å²) in [6, 6.07) is 5.14. The van der Waals surface area contributed by atoms with Gasteiger partial charge in [-0.15, -0.1) is 0 Å². The molecule has 0 saturated carbocycles. The van der Waals surface area contributed by atoms with E-state index in [1.807, 2.05) is 4.90 Å². The molecule has 152 valence electrons. The highest BCUT2D eigenvalue weighted by molar-refractivity contribution is 6.33. The molecular formula is C20H27ClN4O3. The minimum atomic E-state index is -1.14. The van der Waals surface area contributed by atoms with Crippen LogP contribution in [-0.2, 0) is 4.79 Å². The van der Waals surface area contributed by atoms with E-state index in [0.29, 0.717) is 28.2 Å². The molecule has 3 aliphatic heterocycles. The van der Waals surface area contributed by atoms with Gasteiger partial charge in [0.15, 0.2) is 0 Å². The van der Waals surface area contributed by atoms with E-state index >= 15 is 0 Å². The van der Waals surface area contributed by atoms with Crippen LogP contribution >= 0.6 is 11.6 Å². The van der Waals surface area contributed by atoms with Crippen LogP contribution in [0.15, 0.2) is 18.2 Å². The van der Waals surface area contributed by atoms with Crippen molar-refractivity contribution in [1.29, 1.82) is 0 Å². The standard InChI is InChI=1S/C20H27ClN4O3/c21-15-2-1-14(13-16(15)25-10-3-17(26)23-19(25)28)18(27)24-11-6-20(7-12-24)4-8-22-9-5-20/h1-2,13,19,22,28H,3-12H2,(H,23,26). The van der Waals surface area contributed by atoms with E-state index < -0.39 is 6.35 Å². The lowest BCUT2D eigenvalue weighted by atomic mass is 9.71. The van der Waals surface area contributed by atoms with Gasteiger partial charge in [-0.2, -0.15) is 0 Å². The smallest absolute Gasteiger partial charge is 0.253 e. The zero-order valence-electron chi connectivity index (χ0n) is 15.9. The van der Waals surface area contributed by atoms with Gasteiger partial charge in [0.25, 0.3) is 5.91 Å². The van der Waals surface area contributed by atoms with Gasteiger partial charge in [-0.1, -0.05) is 11.6 Å². The molecule has 3 fully saturated rings. The summed E-state index contributed by atoms with van der Waals surface area (Å²) in [6.07, 6.45) is 3.63. The van der Waals surface area contributed by atoms with Gasteiger partial charge in [0, 0.05) is 31.6 Å². The molecule has 0 aliphatic carbocycles. The number of carbonyl (C=O) groups is 2. The van der Waals surface area contributed by atoms with Crippen LogP contribution in [0.3, 0.4) is 0 Å². The average molecular weight is 407 g/mol. The van der Waals surface area contributed by atoms with Crippen LogP contribution < -0.4 is 15.5 Å². The molecule has 7 nitrogen and oxygen atoms in total. The third-order valence-corrected chi connectivity index (χ3v) is 6.76. The number of hydrogen-bond acceptors (Lipinski definition) is 5. The summed E-state index contributed by atoms with van der Waals surface area (Å²) in [5.74, 6) is -0.204. The normalized spacial score (nSPS) is 24.9. The molecule has 3 aliphatic rings. The lowest BCUT2D eigenvalue weighted by Gasteiger charge is -2.44. The summed E-state index contributed by atoms with van der Waals surface area (Å²) in [4.78, 5) is 28.1. The van der Waals surface area contributed by atoms with Crippen molar-refractivity contribution in [3.8, 4) is 0 Å². The van der Waals surface area contributed by atoms with Gasteiger partial charge in [0.05, 0.1) is 10.7 Å². The topological polar surface area (TPSA) is 84.9 Å². The highest BCUT2D eigenvalue weighted by Crippen LogP contribution is 2.40. The third-order valence-electron chi connectivity index (χ3n) is 6.44. The van der Waals surface area contributed by atoms with E-state index in [2.05, 4.69) is 10.6 Å². The van der Waals surface area contributed by atoms with Gasteiger partial charge in [-0.3, -0.25) is 9.59 Å². The molecular weight excluding hydrogens is 380 g/mol. The van der Waals surface area contributed by atoms with Gasteiger partial charge in [0.1, 0.15) is 0 Å². The summed E-state index contributed by atoms with van der Waals surface area (Å²) in [6.45, 7) is 4.05. The first-order valence-corrected chi connectivity index (χ1v) is 10.4. The number of amides is 2. The van der Waals surface area contributed by atoms with E-state index in [0.717, 1.165) is 39.0 Å². The van der Waals surface area contributed by atoms with Crippen molar-refractivity contribution in [2.24, 2.45) is 5.41 Å². The first kappa shape index (κ1) is 19.5. The Bertz CT molecular complexity index is 756. The third kappa shape index (κ3) is 3.83. The number of nitrogens with one attached hydrogen (secondary N) is 2. The molecule has 3 saturated heterocycles. The lowest BCUT2D eigenvalue weighted by molar-refractivity contribution is -0.125. The molecule has 2 amide bonds. The minimum Gasteiger partial charge on any atom is -0.356 e. The fraction of sp³-hybridized carbons (Fsp3) is 0.600. The zero-order valence-corrected chi connectivity index (χ0v) is 16.7. The first-order valence-electron chi connectivity index (χ1n) is 10.0. The SMILES string of the molecule is O=C1CCN(c2cc(C(=O)N3CCC4(CCNCC4)CC3)ccc2Cl)C(O)N1.